The Hall–Kier alpha value is -2.04. The molecule has 0 saturated carbocycles. The molecule has 0 aliphatic carbocycles. The highest BCUT2D eigenvalue weighted by atomic mass is 16.6. The highest BCUT2D eigenvalue weighted by Crippen LogP contribution is 2.01. The monoisotopic (exact) mass is 265 g/mol. The Morgan fingerprint density at radius 2 is 1.89 bits per heavy atom. The molecule has 0 aromatic heterocycles. The van der Waals surface area contributed by atoms with Crippen LogP contribution in [0.3, 0.4) is 0 Å². The number of nitrogens with one attached hydrogen (secondary N) is 1. The minimum absolute atomic E-state index is 0.159. The van der Waals surface area contributed by atoms with E-state index in [-0.39, 0.29) is 25.2 Å². The number of hydrogen-bond acceptors (Lipinski definition) is 4. The number of carbonyl (C=O) groups is 2. The number of esters is 1. The van der Waals surface area contributed by atoms with Crippen LogP contribution in [0.15, 0.2) is 30.3 Å². The molecule has 104 valence electrons. The molecule has 0 radical (unpaired) electrons. The predicted molar refractivity (Wildman–Crippen MR) is 70.5 cm³/mol. The average Bonchev–Trinajstić information content (AvgIpc) is 2.42. The first-order chi connectivity index (χ1) is 9.11. The van der Waals surface area contributed by atoms with Crippen LogP contribution in [0.4, 0.5) is 4.79 Å². The van der Waals surface area contributed by atoms with E-state index >= 15 is 0 Å². The van der Waals surface area contributed by atoms with E-state index in [1.165, 1.54) is 6.92 Å². The number of amides is 1. The Kier molecular flexibility index (Phi) is 6.43. The molecule has 0 spiro atoms. The highest BCUT2D eigenvalue weighted by Gasteiger charge is 2.12. The summed E-state index contributed by atoms with van der Waals surface area (Å²) < 4.78 is 9.93. The van der Waals surface area contributed by atoms with Gasteiger partial charge in [-0.25, -0.2) is 4.79 Å². The van der Waals surface area contributed by atoms with E-state index < -0.39 is 6.09 Å². The molecule has 0 saturated heterocycles. The lowest BCUT2D eigenvalue weighted by Crippen LogP contribution is -2.38. The molecule has 1 aromatic rings. The van der Waals surface area contributed by atoms with E-state index in [2.05, 4.69) is 5.32 Å². The van der Waals surface area contributed by atoms with E-state index in [0.29, 0.717) is 6.42 Å². The molecule has 5 nitrogen and oxygen atoms in total. The van der Waals surface area contributed by atoms with Crippen LogP contribution >= 0.6 is 0 Å². The molecular weight excluding hydrogens is 246 g/mol. The lowest BCUT2D eigenvalue weighted by Gasteiger charge is -2.16. The maximum Gasteiger partial charge on any atom is 0.407 e. The molecule has 19 heavy (non-hydrogen) atoms. The summed E-state index contributed by atoms with van der Waals surface area (Å²) in [6, 6.07) is 9.19. The van der Waals surface area contributed by atoms with Gasteiger partial charge in [0.25, 0.3) is 0 Å². The smallest absolute Gasteiger partial charge is 0.407 e. The average molecular weight is 265 g/mol. The standard InChI is InChI=1S/C14H19NO4/c1-3-13(10-18-11(2)16)15-14(17)19-9-12-7-5-4-6-8-12/h4-8,13H,3,9-10H2,1-2H3,(H,15,17)/t13-/m1/s1. The molecule has 1 amide bonds. The van der Waals surface area contributed by atoms with Crippen LogP contribution in [0.1, 0.15) is 25.8 Å². The summed E-state index contributed by atoms with van der Waals surface area (Å²) in [6.45, 7) is 3.61. The second-order valence-corrected chi connectivity index (χ2v) is 4.11. The van der Waals surface area contributed by atoms with Gasteiger partial charge in [-0.05, 0) is 12.0 Å². The fraction of sp³-hybridized carbons (Fsp3) is 0.429. The second kappa shape index (κ2) is 8.13. The van der Waals surface area contributed by atoms with E-state index in [4.69, 9.17) is 9.47 Å². The zero-order valence-corrected chi connectivity index (χ0v) is 11.2. The van der Waals surface area contributed by atoms with E-state index in [1.54, 1.807) is 0 Å². The zero-order chi connectivity index (χ0) is 14.1. The maximum absolute atomic E-state index is 11.6. The molecule has 1 atom stereocenters. The lowest BCUT2D eigenvalue weighted by molar-refractivity contribution is -0.141. The molecule has 5 heteroatoms. The lowest BCUT2D eigenvalue weighted by atomic mass is 10.2. The van der Waals surface area contributed by atoms with Crippen LogP contribution in [0.5, 0.6) is 0 Å². The van der Waals surface area contributed by atoms with E-state index in [0.717, 1.165) is 5.56 Å². The van der Waals surface area contributed by atoms with Gasteiger partial charge in [0.15, 0.2) is 0 Å². The van der Waals surface area contributed by atoms with Crippen molar-refractivity contribution in [2.24, 2.45) is 0 Å². The first-order valence-corrected chi connectivity index (χ1v) is 6.22. The first kappa shape index (κ1) is 15.0. The number of carbonyl (C=O) groups excluding carboxylic acids is 2. The van der Waals surface area contributed by atoms with Crippen LogP contribution in [0.25, 0.3) is 0 Å². The van der Waals surface area contributed by atoms with Crippen LogP contribution in [0, 0.1) is 0 Å². The molecule has 1 aromatic carbocycles. The Morgan fingerprint density at radius 3 is 2.47 bits per heavy atom. The molecule has 0 aliphatic heterocycles. The maximum atomic E-state index is 11.6. The quantitative estimate of drug-likeness (QED) is 0.801. The summed E-state index contributed by atoms with van der Waals surface area (Å²) >= 11 is 0. The van der Waals surface area contributed by atoms with Gasteiger partial charge in [0.2, 0.25) is 0 Å². The molecular formula is C14H19NO4. The van der Waals surface area contributed by atoms with Crippen molar-refractivity contribution in [1.82, 2.24) is 5.32 Å². The SMILES string of the molecule is CC[C@H](COC(C)=O)NC(=O)OCc1ccccc1. The van der Waals surface area contributed by atoms with Gasteiger partial charge in [-0.3, -0.25) is 4.79 Å². The largest absolute Gasteiger partial charge is 0.464 e. The molecule has 1 N–H and O–H groups in total. The minimum atomic E-state index is -0.511. The molecule has 0 aliphatic rings. The Labute approximate surface area is 112 Å². The fourth-order valence-electron chi connectivity index (χ4n) is 1.41. The third-order valence-electron chi connectivity index (χ3n) is 2.52. The second-order valence-electron chi connectivity index (χ2n) is 4.11. The summed E-state index contributed by atoms with van der Waals surface area (Å²) in [4.78, 5) is 22.3. The molecule has 0 unspecified atom stereocenters. The van der Waals surface area contributed by atoms with Gasteiger partial charge < -0.3 is 14.8 Å². The van der Waals surface area contributed by atoms with E-state index in [9.17, 15) is 9.59 Å². The summed E-state index contributed by atoms with van der Waals surface area (Å²) in [5, 5.41) is 2.65. The van der Waals surface area contributed by atoms with Crippen molar-refractivity contribution in [2.45, 2.75) is 32.9 Å². The third-order valence-corrected chi connectivity index (χ3v) is 2.52. The number of rotatable bonds is 6. The minimum Gasteiger partial charge on any atom is -0.464 e. The molecule has 0 heterocycles. The van der Waals surface area contributed by atoms with Crippen LogP contribution in [-0.2, 0) is 20.9 Å². The van der Waals surface area contributed by atoms with Crippen molar-refractivity contribution in [3.63, 3.8) is 0 Å². The first-order valence-electron chi connectivity index (χ1n) is 6.22. The predicted octanol–water partition coefficient (Wildman–Crippen LogP) is 2.25. The van der Waals surface area contributed by atoms with Gasteiger partial charge in [0.1, 0.15) is 13.2 Å². The van der Waals surface area contributed by atoms with Gasteiger partial charge in [0.05, 0.1) is 6.04 Å². The summed E-state index contributed by atoms with van der Waals surface area (Å²) in [6.07, 6.45) is 0.149. The van der Waals surface area contributed by atoms with Crippen molar-refractivity contribution in [1.29, 1.82) is 0 Å². The van der Waals surface area contributed by atoms with Crippen molar-refractivity contribution in [2.75, 3.05) is 6.61 Å². The van der Waals surface area contributed by atoms with Crippen molar-refractivity contribution in [3.05, 3.63) is 35.9 Å². The molecule has 0 fully saturated rings. The van der Waals surface area contributed by atoms with Crippen molar-refractivity contribution in [3.8, 4) is 0 Å². The van der Waals surface area contributed by atoms with Gasteiger partial charge in [-0.2, -0.15) is 0 Å². The third kappa shape index (κ3) is 6.45. The fourth-order valence-corrected chi connectivity index (χ4v) is 1.41. The van der Waals surface area contributed by atoms with E-state index in [1.807, 2.05) is 37.3 Å². The van der Waals surface area contributed by atoms with Gasteiger partial charge in [0, 0.05) is 6.92 Å². The topological polar surface area (TPSA) is 64.6 Å². The number of benzene rings is 1. The summed E-state index contributed by atoms with van der Waals surface area (Å²) in [7, 11) is 0. The Morgan fingerprint density at radius 1 is 1.21 bits per heavy atom. The zero-order valence-electron chi connectivity index (χ0n) is 11.2. The summed E-state index contributed by atoms with van der Waals surface area (Å²) in [5.74, 6) is -0.363. The Balaban J connectivity index is 2.30. The molecule has 0 bridgehead atoms. The Bertz CT molecular complexity index is 405. The highest BCUT2D eigenvalue weighted by molar-refractivity contribution is 5.68. The van der Waals surface area contributed by atoms with Gasteiger partial charge in [-0.1, -0.05) is 37.3 Å². The number of alkyl carbamates (subject to hydrolysis) is 1. The number of hydrogen-bond donors (Lipinski definition) is 1. The van der Waals surface area contributed by atoms with Crippen LogP contribution in [0.2, 0.25) is 0 Å². The van der Waals surface area contributed by atoms with Crippen molar-refractivity contribution >= 4 is 12.1 Å². The van der Waals surface area contributed by atoms with Crippen molar-refractivity contribution < 1.29 is 19.1 Å². The normalized spacial score (nSPS) is 11.5. The van der Waals surface area contributed by atoms with Crippen LogP contribution in [-0.4, -0.2) is 24.7 Å². The van der Waals surface area contributed by atoms with Gasteiger partial charge >= 0.3 is 12.1 Å². The number of ether oxygens (including phenoxy) is 2. The molecule has 1 rings (SSSR count). The van der Waals surface area contributed by atoms with Crippen LogP contribution < -0.4 is 5.32 Å². The van der Waals surface area contributed by atoms with Gasteiger partial charge in [-0.15, -0.1) is 0 Å². The summed E-state index contributed by atoms with van der Waals surface area (Å²) in [5.41, 5.74) is 0.922.